The van der Waals surface area contributed by atoms with Crippen LogP contribution in [0.5, 0.6) is 0 Å². The van der Waals surface area contributed by atoms with Gasteiger partial charge in [0.15, 0.2) is 0 Å². The summed E-state index contributed by atoms with van der Waals surface area (Å²) in [6, 6.07) is 7.90. The predicted octanol–water partition coefficient (Wildman–Crippen LogP) is 0.531. The molecule has 0 spiro atoms. The molecule has 6 nitrogen and oxygen atoms in total. The zero-order valence-electron chi connectivity index (χ0n) is 13.8. The van der Waals surface area contributed by atoms with E-state index in [1.807, 2.05) is 13.0 Å². The molecule has 2 rings (SSSR count). The van der Waals surface area contributed by atoms with Gasteiger partial charge in [-0.3, -0.25) is 9.59 Å². The average molecular weight is 319 g/mol. The summed E-state index contributed by atoms with van der Waals surface area (Å²) in [6.45, 7) is 6.22. The monoisotopic (exact) mass is 319 g/mol. The molecule has 0 radical (unpaired) electrons. The van der Waals surface area contributed by atoms with Gasteiger partial charge < -0.3 is 20.2 Å². The van der Waals surface area contributed by atoms with Gasteiger partial charge in [0.25, 0.3) is 0 Å². The van der Waals surface area contributed by atoms with Crippen LogP contribution in [0.2, 0.25) is 0 Å². The summed E-state index contributed by atoms with van der Waals surface area (Å²) in [6.07, 6.45) is 0.594. The van der Waals surface area contributed by atoms with Gasteiger partial charge in [0, 0.05) is 31.9 Å². The van der Waals surface area contributed by atoms with Gasteiger partial charge in [0.05, 0.1) is 12.6 Å². The van der Waals surface area contributed by atoms with Crippen molar-refractivity contribution >= 4 is 17.5 Å². The van der Waals surface area contributed by atoms with Crippen LogP contribution in [0.15, 0.2) is 24.3 Å². The van der Waals surface area contributed by atoms with Crippen molar-refractivity contribution in [3.05, 3.63) is 29.8 Å². The Balaban J connectivity index is 1.88. The fraction of sp³-hybridized carbons (Fsp3) is 0.529. The van der Waals surface area contributed by atoms with Crippen molar-refractivity contribution in [2.24, 2.45) is 0 Å². The van der Waals surface area contributed by atoms with E-state index in [2.05, 4.69) is 35.3 Å². The third-order valence-corrected chi connectivity index (χ3v) is 4.18. The highest BCUT2D eigenvalue weighted by Gasteiger charge is 2.27. The number of nitrogens with one attached hydrogen (secondary N) is 1. The van der Waals surface area contributed by atoms with Crippen molar-refractivity contribution in [1.82, 2.24) is 10.2 Å². The van der Waals surface area contributed by atoms with Crippen molar-refractivity contribution in [1.29, 1.82) is 0 Å². The molecular weight excluding hydrogens is 294 g/mol. The number of hydrogen-bond acceptors (Lipinski definition) is 4. The Hall–Kier alpha value is -2.08. The van der Waals surface area contributed by atoms with Crippen LogP contribution in [0.25, 0.3) is 0 Å². The van der Waals surface area contributed by atoms with E-state index in [0.29, 0.717) is 32.6 Å². The molecule has 126 valence electrons. The lowest BCUT2D eigenvalue weighted by molar-refractivity contribution is -0.146. The van der Waals surface area contributed by atoms with Crippen molar-refractivity contribution in [3.63, 3.8) is 0 Å². The third-order valence-electron chi connectivity index (χ3n) is 4.18. The van der Waals surface area contributed by atoms with Gasteiger partial charge in [-0.1, -0.05) is 19.1 Å². The summed E-state index contributed by atoms with van der Waals surface area (Å²) < 4.78 is 0. The second-order valence-electron chi connectivity index (χ2n) is 5.88. The number of aliphatic hydroxyl groups is 1. The third kappa shape index (κ3) is 4.45. The first-order valence-electron chi connectivity index (χ1n) is 8.07. The van der Waals surface area contributed by atoms with Crippen LogP contribution >= 0.6 is 0 Å². The molecule has 0 saturated carbocycles. The maximum absolute atomic E-state index is 12.2. The molecule has 2 N–H and O–H groups in total. The maximum Gasteiger partial charge on any atom is 0.312 e. The number of amides is 2. The number of rotatable bonds is 4. The number of aryl methyl sites for hydroxylation is 1. The molecule has 1 aromatic carbocycles. The molecule has 1 aliphatic heterocycles. The fourth-order valence-electron chi connectivity index (χ4n) is 2.66. The molecule has 0 bridgehead atoms. The smallest absolute Gasteiger partial charge is 0.312 e. The Morgan fingerprint density at radius 3 is 2.52 bits per heavy atom. The molecule has 1 aliphatic rings. The van der Waals surface area contributed by atoms with Gasteiger partial charge in [0.2, 0.25) is 0 Å². The minimum Gasteiger partial charge on any atom is -0.394 e. The van der Waals surface area contributed by atoms with Crippen molar-refractivity contribution < 1.29 is 14.7 Å². The number of carbonyl (C=O) groups is 2. The number of nitrogens with zero attached hydrogens (tertiary/aromatic N) is 2. The number of aliphatic hydroxyl groups excluding tert-OH is 1. The van der Waals surface area contributed by atoms with Gasteiger partial charge in [-0.15, -0.1) is 0 Å². The highest BCUT2D eigenvalue weighted by atomic mass is 16.3. The van der Waals surface area contributed by atoms with Crippen molar-refractivity contribution in [2.45, 2.75) is 26.3 Å². The standard InChI is InChI=1S/C17H25N3O3/c1-3-14(12-21)18-16(22)17(23)20-9-7-19(8-10-20)15-6-4-5-13(2)11-15/h4-6,11,14,21H,3,7-10,12H2,1-2H3,(H,18,22). The summed E-state index contributed by atoms with van der Waals surface area (Å²) in [5.41, 5.74) is 2.35. The summed E-state index contributed by atoms with van der Waals surface area (Å²) in [7, 11) is 0. The van der Waals surface area contributed by atoms with E-state index in [1.165, 1.54) is 5.56 Å². The van der Waals surface area contributed by atoms with Gasteiger partial charge in [-0.05, 0) is 31.0 Å². The van der Waals surface area contributed by atoms with E-state index < -0.39 is 11.8 Å². The lowest BCUT2D eigenvalue weighted by atomic mass is 10.2. The molecule has 1 unspecified atom stereocenters. The lowest BCUT2D eigenvalue weighted by Crippen LogP contribution is -2.54. The topological polar surface area (TPSA) is 72.9 Å². The predicted molar refractivity (Wildman–Crippen MR) is 89.3 cm³/mol. The molecule has 1 fully saturated rings. The first kappa shape index (κ1) is 17.3. The van der Waals surface area contributed by atoms with Crippen LogP contribution in [-0.2, 0) is 9.59 Å². The minimum absolute atomic E-state index is 0.156. The molecule has 1 aromatic rings. The Labute approximate surface area is 137 Å². The van der Waals surface area contributed by atoms with Crippen LogP contribution in [0.3, 0.4) is 0 Å². The van der Waals surface area contributed by atoms with Gasteiger partial charge in [0.1, 0.15) is 0 Å². The number of carbonyl (C=O) groups excluding carboxylic acids is 2. The quantitative estimate of drug-likeness (QED) is 0.794. The zero-order valence-corrected chi connectivity index (χ0v) is 13.8. The first-order chi connectivity index (χ1) is 11.0. The second-order valence-corrected chi connectivity index (χ2v) is 5.88. The lowest BCUT2D eigenvalue weighted by Gasteiger charge is -2.36. The van der Waals surface area contributed by atoms with Gasteiger partial charge in [-0.25, -0.2) is 0 Å². The molecule has 0 aliphatic carbocycles. The molecule has 2 amide bonds. The summed E-state index contributed by atoms with van der Waals surface area (Å²) in [5.74, 6) is -1.14. The highest BCUT2D eigenvalue weighted by molar-refractivity contribution is 6.35. The minimum atomic E-state index is -0.630. The van der Waals surface area contributed by atoms with E-state index in [0.717, 1.165) is 5.69 Å². The zero-order chi connectivity index (χ0) is 16.8. The SMILES string of the molecule is CCC(CO)NC(=O)C(=O)N1CCN(c2cccc(C)c2)CC1. The summed E-state index contributed by atoms with van der Waals surface area (Å²) >= 11 is 0. The molecular formula is C17H25N3O3. The number of piperazine rings is 1. The van der Waals surface area contributed by atoms with E-state index in [1.54, 1.807) is 4.90 Å². The van der Waals surface area contributed by atoms with E-state index >= 15 is 0 Å². The number of anilines is 1. The average Bonchev–Trinajstić information content (AvgIpc) is 2.59. The van der Waals surface area contributed by atoms with Crippen molar-refractivity contribution in [3.8, 4) is 0 Å². The molecule has 6 heteroatoms. The second kappa shape index (κ2) is 7.97. The van der Waals surface area contributed by atoms with Gasteiger partial charge in [-0.2, -0.15) is 0 Å². The summed E-state index contributed by atoms with van der Waals surface area (Å²) in [4.78, 5) is 27.9. The Bertz CT molecular complexity index is 550. The fourth-order valence-corrected chi connectivity index (χ4v) is 2.66. The largest absolute Gasteiger partial charge is 0.394 e. The van der Waals surface area contributed by atoms with Crippen LogP contribution in [0.4, 0.5) is 5.69 Å². The Morgan fingerprint density at radius 2 is 1.96 bits per heavy atom. The van der Waals surface area contributed by atoms with Crippen LogP contribution in [0, 0.1) is 6.92 Å². The molecule has 0 aromatic heterocycles. The first-order valence-corrected chi connectivity index (χ1v) is 8.07. The molecule has 23 heavy (non-hydrogen) atoms. The van der Waals surface area contributed by atoms with Gasteiger partial charge >= 0.3 is 11.8 Å². The highest BCUT2D eigenvalue weighted by Crippen LogP contribution is 2.17. The number of benzene rings is 1. The van der Waals surface area contributed by atoms with E-state index in [4.69, 9.17) is 5.11 Å². The summed E-state index contributed by atoms with van der Waals surface area (Å²) in [5, 5.41) is 11.7. The van der Waals surface area contributed by atoms with Crippen LogP contribution in [0.1, 0.15) is 18.9 Å². The molecule has 1 atom stereocenters. The van der Waals surface area contributed by atoms with E-state index in [-0.39, 0.29) is 12.6 Å². The maximum atomic E-state index is 12.2. The molecule has 1 saturated heterocycles. The van der Waals surface area contributed by atoms with Crippen LogP contribution in [-0.4, -0.2) is 60.6 Å². The van der Waals surface area contributed by atoms with Crippen LogP contribution < -0.4 is 10.2 Å². The normalized spacial score (nSPS) is 16.1. The number of hydrogen-bond donors (Lipinski definition) is 2. The Morgan fingerprint density at radius 1 is 1.26 bits per heavy atom. The van der Waals surface area contributed by atoms with E-state index in [9.17, 15) is 9.59 Å². The van der Waals surface area contributed by atoms with Crippen molar-refractivity contribution in [2.75, 3.05) is 37.7 Å². The Kier molecular flexibility index (Phi) is 5.98. The molecule has 1 heterocycles.